The predicted octanol–water partition coefficient (Wildman–Crippen LogP) is 1.60. The first-order valence-corrected chi connectivity index (χ1v) is 4.23. The van der Waals surface area contributed by atoms with E-state index in [1.54, 1.807) is 20.8 Å². The molecule has 0 rings (SSSR count). The second-order valence-corrected chi connectivity index (χ2v) is 3.97. The van der Waals surface area contributed by atoms with Gasteiger partial charge in [-0.25, -0.2) is 0 Å². The van der Waals surface area contributed by atoms with Gasteiger partial charge >= 0.3 is 11.9 Å². The van der Waals surface area contributed by atoms with Crippen LogP contribution < -0.4 is 0 Å². The molecule has 76 valence electrons. The van der Waals surface area contributed by atoms with Gasteiger partial charge in [-0.1, -0.05) is 6.92 Å². The summed E-state index contributed by atoms with van der Waals surface area (Å²) in [6, 6.07) is 0. The van der Waals surface area contributed by atoms with Crippen LogP contribution in [0.2, 0.25) is 0 Å². The van der Waals surface area contributed by atoms with Crippen molar-refractivity contribution in [3.63, 3.8) is 0 Å². The minimum atomic E-state index is -0.884. The Kier molecular flexibility index (Phi) is 3.91. The zero-order valence-electron chi connectivity index (χ0n) is 8.20. The van der Waals surface area contributed by atoms with Gasteiger partial charge in [-0.15, -0.1) is 0 Å². The van der Waals surface area contributed by atoms with Crippen molar-refractivity contribution >= 4 is 11.9 Å². The van der Waals surface area contributed by atoms with Crippen molar-refractivity contribution in [2.45, 2.75) is 33.6 Å². The molecule has 0 bridgehead atoms. The van der Waals surface area contributed by atoms with E-state index in [0.29, 0.717) is 12.8 Å². The molecule has 1 unspecified atom stereocenters. The summed E-state index contributed by atoms with van der Waals surface area (Å²) < 4.78 is 0. The molecule has 2 N–H and O–H groups in total. The van der Waals surface area contributed by atoms with Crippen LogP contribution in [0.3, 0.4) is 0 Å². The summed E-state index contributed by atoms with van der Waals surface area (Å²) in [5.74, 6) is -2.23. The predicted molar refractivity (Wildman–Crippen MR) is 47.5 cm³/mol. The van der Waals surface area contributed by atoms with E-state index in [1.165, 1.54) is 0 Å². The molecule has 0 aromatic rings. The van der Waals surface area contributed by atoms with Crippen LogP contribution in [0.25, 0.3) is 0 Å². The number of carboxylic acids is 2. The van der Waals surface area contributed by atoms with Gasteiger partial charge < -0.3 is 10.2 Å². The Morgan fingerprint density at radius 3 is 2.08 bits per heavy atom. The summed E-state index contributed by atoms with van der Waals surface area (Å²) >= 11 is 0. The Bertz CT molecular complexity index is 208. The first-order chi connectivity index (χ1) is 5.77. The summed E-state index contributed by atoms with van der Waals surface area (Å²) in [4.78, 5) is 21.1. The molecule has 0 spiro atoms. The molecule has 0 aliphatic carbocycles. The van der Waals surface area contributed by atoms with Crippen molar-refractivity contribution in [1.29, 1.82) is 0 Å². The van der Waals surface area contributed by atoms with Gasteiger partial charge in [-0.05, 0) is 26.7 Å². The summed E-state index contributed by atoms with van der Waals surface area (Å²) in [5.41, 5.74) is -0.830. The maximum atomic E-state index is 10.7. The van der Waals surface area contributed by atoms with Crippen LogP contribution in [0.15, 0.2) is 0 Å². The molecule has 0 radical (unpaired) electrons. The van der Waals surface area contributed by atoms with Gasteiger partial charge in [0.05, 0.1) is 11.3 Å². The van der Waals surface area contributed by atoms with Gasteiger partial charge in [-0.2, -0.15) is 0 Å². The molecule has 0 aromatic heterocycles. The highest BCUT2D eigenvalue weighted by molar-refractivity contribution is 5.74. The summed E-state index contributed by atoms with van der Waals surface area (Å²) in [6.45, 7) is 4.79. The highest BCUT2D eigenvalue weighted by atomic mass is 16.4. The molecule has 0 heterocycles. The Labute approximate surface area is 77.6 Å². The normalized spacial score (nSPS) is 13.8. The van der Waals surface area contributed by atoms with Crippen molar-refractivity contribution in [2.24, 2.45) is 11.3 Å². The first-order valence-electron chi connectivity index (χ1n) is 4.23. The molecule has 1 atom stereocenters. The summed E-state index contributed by atoms with van der Waals surface area (Å²) in [7, 11) is 0. The van der Waals surface area contributed by atoms with Crippen LogP contribution in [-0.2, 0) is 9.59 Å². The molecule has 0 amide bonds. The average Bonchev–Trinajstić information content (AvgIpc) is 1.99. The monoisotopic (exact) mass is 188 g/mol. The largest absolute Gasteiger partial charge is 0.481 e. The topological polar surface area (TPSA) is 74.6 Å². The molecule has 0 saturated carbocycles. The van der Waals surface area contributed by atoms with E-state index >= 15 is 0 Å². The molecule has 0 saturated heterocycles. The smallest absolute Gasteiger partial charge is 0.309 e. The number of hydrogen-bond acceptors (Lipinski definition) is 2. The van der Waals surface area contributed by atoms with Crippen molar-refractivity contribution in [2.75, 3.05) is 0 Å². The molecule has 0 aliphatic rings. The number of aliphatic carboxylic acids is 2. The van der Waals surface area contributed by atoms with Crippen LogP contribution in [0.5, 0.6) is 0 Å². The Morgan fingerprint density at radius 1 is 1.31 bits per heavy atom. The van der Waals surface area contributed by atoms with Gasteiger partial charge in [0.1, 0.15) is 0 Å². The van der Waals surface area contributed by atoms with Gasteiger partial charge in [0.15, 0.2) is 0 Å². The summed E-state index contributed by atoms with van der Waals surface area (Å²) in [5, 5.41) is 17.3. The second-order valence-electron chi connectivity index (χ2n) is 3.97. The third-order valence-electron chi connectivity index (χ3n) is 2.20. The average molecular weight is 188 g/mol. The van der Waals surface area contributed by atoms with Crippen molar-refractivity contribution in [3.05, 3.63) is 0 Å². The molecule has 13 heavy (non-hydrogen) atoms. The molecular weight excluding hydrogens is 172 g/mol. The molecule has 4 heteroatoms. The minimum absolute atomic E-state index is 0.385. The zero-order valence-corrected chi connectivity index (χ0v) is 8.20. The number of hydrogen-bond donors (Lipinski definition) is 2. The Hall–Kier alpha value is -1.06. The zero-order chi connectivity index (χ0) is 10.6. The molecular formula is C9H16O4. The van der Waals surface area contributed by atoms with Crippen LogP contribution in [0.1, 0.15) is 33.6 Å². The fraction of sp³-hybridized carbons (Fsp3) is 0.778. The van der Waals surface area contributed by atoms with Gasteiger partial charge in [-0.3, -0.25) is 9.59 Å². The lowest BCUT2D eigenvalue weighted by Crippen LogP contribution is -2.25. The van der Waals surface area contributed by atoms with Gasteiger partial charge in [0.2, 0.25) is 0 Å². The number of rotatable bonds is 5. The third kappa shape index (κ3) is 3.92. The maximum absolute atomic E-state index is 10.7. The Balaban J connectivity index is 4.02. The highest BCUT2D eigenvalue weighted by Crippen LogP contribution is 2.24. The standard InChI is InChI=1S/C9H16O4/c1-6(7(10)11)4-5-9(2,3)8(12)13/h6H,4-5H2,1-3H3,(H,10,11)(H,12,13). The SMILES string of the molecule is CC(CCC(C)(C)C(=O)O)C(=O)O. The van der Waals surface area contributed by atoms with Gasteiger partial charge in [0, 0.05) is 0 Å². The van der Waals surface area contributed by atoms with E-state index in [1.807, 2.05) is 0 Å². The highest BCUT2D eigenvalue weighted by Gasteiger charge is 2.28. The van der Waals surface area contributed by atoms with E-state index in [0.717, 1.165) is 0 Å². The fourth-order valence-corrected chi connectivity index (χ4v) is 0.808. The van der Waals surface area contributed by atoms with E-state index in [4.69, 9.17) is 10.2 Å². The van der Waals surface area contributed by atoms with E-state index < -0.39 is 23.3 Å². The lowest BCUT2D eigenvalue weighted by Gasteiger charge is -2.19. The minimum Gasteiger partial charge on any atom is -0.481 e. The van der Waals surface area contributed by atoms with E-state index in [2.05, 4.69) is 0 Å². The van der Waals surface area contributed by atoms with Crippen molar-refractivity contribution in [3.8, 4) is 0 Å². The van der Waals surface area contributed by atoms with Crippen molar-refractivity contribution < 1.29 is 19.8 Å². The molecule has 0 aromatic carbocycles. The lowest BCUT2D eigenvalue weighted by atomic mass is 9.85. The van der Waals surface area contributed by atoms with E-state index in [-0.39, 0.29) is 0 Å². The third-order valence-corrected chi connectivity index (χ3v) is 2.20. The lowest BCUT2D eigenvalue weighted by molar-refractivity contribution is -0.148. The van der Waals surface area contributed by atoms with Gasteiger partial charge in [0.25, 0.3) is 0 Å². The van der Waals surface area contributed by atoms with Crippen LogP contribution in [0, 0.1) is 11.3 Å². The number of carboxylic acid groups (broad SMARTS) is 2. The van der Waals surface area contributed by atoms with Crippen LogP contribution >= 0.6 is 0 Å². The Morgan fingerprint density at radius 2 is 1.77 bits per heavy atom. The number of carbonyl (C=O) groups is 2. The fourth-order valence-electron chi connectivity index (χ4n) is 0.808. The molecule has 0 fully saturated rings. The van der Waals surface area contributed by atoms with Crippen molar-refractivity contribution in [1.82, 2.24) is 0 Å². The maximum Gasteiger partial charge on any atom is 0.309 e. The second kappa shape index (κ2) is 4.25. The van der Waals surface area contributed by atoms with Crippen LogP contribution in [0.4, 0.5) is 0 Å². The van der Waals surface area contributed by atoms with Crippen LogP contribution in [-0.4, -0.2) is 22.2 Å². The molecule has 0 aliphatic heterocycles. The van der Waals surface area contributed by atoms with E-state index in [9.17, 15) is 9.59 Å². The molecule has 4 nitrogen and oxygen atoms in total. The summed E-state index contributed by atoms with van der Waals surface area (Å²) in [6.07, 6.45) is 0.782. The quantitative estimate of drug-likeness (QED) is 0.687. The first kappa shape index (κ1) is 11.9.